The van der Waals surface area contributed by atoms with Gasteiger partial charge in [0.05, 0.1) is 0 Å². The summed E-state index contributed by atoms with van der Waals surface area (Å²) in [5.74, 6) is 0. The number of hydrogen-bond donors (Lipinski definition) is 0. The first-order chi connectivity index (χ1) is 24.3. The van der Waals surface area contributed by atoms with E-state index in [0.717, 1.165) is 31.0 Å². The Labute approximate surface area is 332 Å². The molecule has 0 fully saturated rings. The average molecular weight is 822 g/mol. The first-order valence-corrected chi connectivity index (χ1v) is 33.1. The Morgan fingerprint density at radius 3 is 1.17 bits per heavy atom. The first-order valence-electron chi connectivity index (χ1n) is 19.2. The zero-order chi connectivity index (χ0) is 38.4. The van der Waals surface area contributed by atoms with E-state index in [9.17, 15) is 0 Å². The Morgan fingerprint density at radius 1 is 0.577 bits per heavy atom. The molecule has 0 aliphatic heterocycles. The largest absolute Gasteiger partial charge is 0.455 e. The molecule has 52 heavy (non-hydrogen) atoms. The maximum atomic E-state index is 7.52. The van der Waals surface area contributed by atoms with Crippen molar-refractivity contribution in [1.82, 2.24) is 4.23 Å². The molecule has 0 spiro atoms. The van der Waals surface area contributed by atoms with Crippen molar-refractivity contribution in [2.45, 2.75) is 122 Å². The van der Waals surface area contributed by atoms with Gasteiger partial charge in [0.25, 0.3) is 7.42 Å². The molecule has 4 rings (SSSR count). The molecule has 0 saturated carbocycles. The molecule has 0 aliphatic carbocycles. The fourth-order valence-electron chi connectivity index (χ4n) is 9.34. The molecule has 2 nitrogen and oxygen atoms in total. The number of nitrogens with zero attached hydrogens (tertiary/aromatic N) is 1. The van der Waals surface area contributed by atoms with Crippen molar-refractivity contribution >= 4 is 83.4 Å². The standard InChI is InChI=1S/C43H64Cl2NOSi5/c1-12-37(36-50(10,11)47-49(8,9)35-25-34-48(44)45)46(51(42(2,3)4,38-26-17-13-18-27-38)39-28-19-14-20-29-39)52(43(5,6)7,40-30-21-15-22-31-40)41-32-23-16-24-33-41/h13-24,26-33,37H,12,25,34-36H2,1-11H3. The number of rotatable bonds is 16. The fourth-order valence-corrected chi connectivity index (χ4v) is 37.3. The number of benzene rings is 4. The molecule has 281 valence electrons. The fraction of sp³-hybridized carbons (Fsp3) is 0.442. The molecule has 1 unspecified atom stereocenters. The minimum atomic E-state index is -2.92. The Balaban J connectivity index is 2.18. The molecule has 0 aromatic heterocycles. The lowest BCUT2D eigenvalue weighted by Gasteiger charge is -2.64. The third kappa shape index (κ3) is 9.28. The number of hydrogen-bond acceptors (Lipinski definition) is 2. The molecule has 0 bridgehead atoms. The van der Waals surface area contributed by atoms with E-state index in [0.29, 0.717) is 0 Å². The van der Waals surface area contributed by atoms with E-state index >= 15 is 0 Å². The van der Waals surface area contributed by atoms with Crippen molar-refractivity contribution < 1.29 is 4.12 Å². The summed E-state index contributed by atoms with van der Waals surface area (Å²) in [5, 5.41) is 5.76. The topological polar surface area (TPSA) is 12.5 Å². The second-order valence-electron chi connectivity index (χ2n) is 17.8. The monoisotopic (exact) mass is 820 g/mol. The molecule has 0 saturated heterocycles. The molecule has 9 heteroatoms. The summed E-state index contributed by atoms with van der Waals surface area (Å²) in [6.45, 7) is 27.5. The van der Waals surface area contributed by atoms with Crippen LogP contribution >= 0.6 is 22.2 Å². The first kappa shape index (κ1) is 43.2. The van der Waals surface area contributed by atoms with Crippen LogP contribution in [0.5, 0.6) is 0 Å². The third-order valence-electron chi connectivity index (χ3n) is 10.9. The zero-order valence-corrected chi connectivity index (χ0v) is 40.3. The van der Waals surface area contributed by atoms with Gasteiger partial charge in [0.15, 0.2) is 33.1 Å². The molecule has 0 heterocycles. The van der Waals surface area contributed by atoms with Crippen molar-refractivity contribution in [2.24, 2.45) is 0 Å². The van der Waals surface area contributed by atoms with Gasteiger partial charge in [-0.25, -0.2) is 0 Å². The quantitative estimate of drug-likeness (QED) is 0.0825. The van der Waals surface area contributed by atoms with E-state index in [-0.39, 0.29) is 16.1 Å². The van der Waals surface area contributed by atoms with Crippen LogP contribution in [-0.4, -0.2) is 50.8 Å². The summed E-state index contributed by atoms with van der Waals surface area (Å²) in [6, 6.07) is 50.0. The van der Waals surface area contributed by atoms with Crippen LogP contribution in [0, 0.1) is 0 Å². The van der Waals surface area contributed by atoms with Crippen molar-refractivity contribution in [3.63, 3.8) is 0 Å². The van der Waals surface area contributed by atoms with Gasteiger partial charge < -0.3 is 8.35 Å². The van der Waals surface area contributed by atoms with Gasteiger partial charge in [0.2, 0.25) is 0 Å². The van der Waals surface area contributed by atoms with Crippen molar-refractivity contribution in [3.05, 3.63) is 121 Å². The van der Waals surface area contributed by atoms with Crippen molar-refractivity contribution in [1.29, 1.82) is 0 Å². The second-order valence-corrected chi connectivity index (χ2v) is 40.7. The molecular formula is C43H64Cl2NOSi5. The maximum Gasteiger partial charge on any atom is 0.273 e. The highest BCUT2D eigenvalue weighted by Gasteiger charge is 2.65. The molecule has 1 atom stereocenters. The zero-order valence-electron chi connectivity index (χ0n) is 33.8. The van der Waals surface area contributed by atoms with Crippen molar-refractivity contribution in [3.8, 4) is 0 Å². The normalized spacial score (nSPS) is 14.2. The molecule has 4 aromatic rings. The van der Waals surface area contributed by atoms with Gasteiger partial charge in [-0.3, -0.25) is 0 Å². The molecule has 1 radical (unpaired) electrons. The Bertz CT molecular complexity index is 1480. The summed E-state index contributed by atoms with van der Waals surface area (Å²) in [6.07, 6.45) is 2.10. The van der Waals surface area contributed by atoms with Gasteiger partial charge >= 0.3 is 0 Å². The van der Waals surface area contributed by atoms with Gasteiger partial charge in [-0.2, -0.15) is 0 Å². The summed E-state index contributed by atoms with van der Waals surface area (Å²) < 4.78 is 10.8. The van der Waals surface area contributed by atoms with E-state index in [1.807, 2.05) is 0 Å². The van der Waals surface area contributed by atoms with E-state index < -0.39 is 40.5 Å². The van der Waals surface area contributed by atoms with Crippen LogP contribution < -0.4 is 20.7 Å². The highest BCUT2D eigenvalue weighted by atomic mass is 35.7. The lowest BCUT2D eigenvalue weighted by atomic mass is 10.2. The summed E-state index contributed by atoms with van der Waals surface area (Å²) >= 11 is 12.6. The van der Waals surface area contributed by atoms with E-state index in [2.05, 4.69) is 200 Å². The molecule has 4 aromatic carbocycles. The predicted molar refractivity (Wildman–Crippen MR) is 244 cm³/mol. The summed E-state index contributed by atoms with van der Waals surface area (Å²) in [7, 11) is -11.3. The Hall–Kier alpha value is -1.54. The summed E-state index contributed by atoms with van der Waals surface area (Å²) in [4.78, 5) is 0. The van der Waals surface area contributed by atoms with Gasteiger partial charge in [-0.05, 0) is 87.6 Å². The van der Waals surface area contributed by atoms with Crippen LogP contribution in [0.2, 0.25) is 54.4 Å². The molecule has 0 amide bonds. The molecule has 0 N–H and O–H groups in total. The Kier molecular flexibility index (Phi) is 14.5. The van der Waals surface area contributed by atoms with Crippen LogP contribution in [0.25, 0.3) is 0 Å². The molecular weight excluding hydrogens is 758 g/mol. The lowest BCUT2D eigenvalue weighted by molar-refractivity contribution is 0.408. The second kappa shape index (κ2) is 17.5. The smallest absolute Gasteiger partial charge is 0.273 e. The van der Waals surface area contributed by atoms with Gasteiger partial charge in [0, 0.05) is 0 Å². The van der Waals surface area contributed by atoms with Crippen molar-refractivity contribution in [2.75, 3.05) is 0 Å². The number of halogens is 2. The van der Waals surface area contributed by atoms with Crippen LogP contribution in [0.4, 0.5) is 0 Å². The van der Waals surface area contributed by atoms with E-state index in [4.69, 9.17) is 26.3 Å². The highest BCUT2D eigenvalue weighted by Crippen LogP contribution is 2.49. The van der Waals surface area contributed by atoms with E-state index in [1.165, 1.54) is 20.7 Å². The van der Waals surface area contributed by atoms with Gasteiger partial charge in [-0.15, -0.1) is 22.2 Å². The average Bonchev–Trinajstić information content (AvgIpc) is 3.07. The van der Waals surface area contributed by atoms with Crippen LogP contribution in [0.3, 0.4) is 0 Å². The Morgan fingerprint density at radius 2 is 0.904 bits per heavy atom. The third-order valence-corrected chi connectivity index (χ3v) is 33.4. The van der Waals surface area contributed by atoms with E-state index in [1.54, 1.807) is 0 Å². The van der Waals surface area contributed by atoms with Crippen LogP contribution in [0.15, 0.2) is 121 Å². The lowest BCUT2D eigenvalue weighted by Crippen LogP contribution is -2.89. The van der Waals surface area contributed by atoms with Crippen LogP contribution in [0.1, 0.15) is 61.3 Å². The maximum absolute atomic E-state index is 7.52. The minimum Gasteiger partial charge on any atom is -0.455 e. The predicted octanol–water partition coefficient (Wildman–Crippen LogP) is 11.0. The minimum absolute atomic E-state index is 0.0840. The highest BCUT2D eigenvalue weighted by molar-refractivity contribution is 7.33. The van der Waals surface area contributed by atoms with Gasteiger partial charge in [-0.1, -0.05) is 176 Å². The summed E-state index contributed by atoms with van der Waals surface area (Å²) in [5.41, 5.74) is 0. The van der Waals surface area contributed by atoms with Crippen LogP contribution in [-0.2, 0) is 4.12 Å². The SMILES string of the molecule is CCC(C[Si](C)(C)O[Si](C)(C)CCC[Si](Cl)Cl)N([Si](c1ccccc1)(c1ccccc1)C(C)(C)C)[Si](c1ccccc1)(c1ccccc1)C(C)(C)C. The van der Waals surface area contributed by atoms with Gasteiger partial charge in [0.1, 0.15) is 0 Å². The molecule has 0 aliphatic rings.